The van der Waals surface area contributed by atoms with Crippen molar-refractivity contribution in [3.8, 4) is 5.75 Å². The lowest BCUT2D eigenvalue weighted by molar-refractivity contribution is 0.443. The fraction of sp³-hybridized carbons (Fsp3) is 0.333. The van der Waals surface area contributed by atoms with Gasteiger partial charge in [0.25, 0.3) is 0 Å². The third-order valence-corrected chi connectivity index (χ3v) is 2.38. The van der Waals surface area contributed by atoms with Crippen LogP contribution in [0.15, 0.2) is 0 Å². The topological polar surface area (TPSA) is 20.2 Å². The highest BCUT2D eigenvalue weighted by molar-refractivity contribution is 6.32. The van der Waals surface area contributed by atoms with Crippen LogP contribution in [-0.4, -0.2) is 5.11 Å². The molecule has 13 heavy (non-hydrogen) atoms. The van der Waals surface area contributed by atoms with Gasteiger partial charge >= 0.3 is 0 Å². The maximum Gasteiger partial charge on any atom is 0.165 e. The van der Waals surface area contributed by atoms with Gasteiger partial charge in [-0.1, -0.05) is 18.5 Å². The summed E-state index contributed by atoms with van der Waals surface area (Å²) in [5.74, 6) is -2.38. The highest BCUT2D eigenvalue weighted by atomic mass is 35.5. The molecule has 4 heteroatoms. The SMILES string of the molecule is CCc1c(F)c(F)c(C)c(O)c1Cl. The minimum absolute atomic E-state index is 0.0160. The lowest BCUT2D eigenvalue weighted by atomic mass is 10.1. The number of hydrogen-bond acceptors (Lipinski definition) is 1. The van der Waals surface area contributed by atoms with E-state index in [1.165, 1.54) is 6.92 Å². The predicted molar refractivity (Wildman–Crippen MR) is 47.1 cm³/mol. The molecule has 0 heterocycles. The van der Waals surface area contributed by atoms with Crippen LogP contribution in [-0.2, 0) is 6.42 Å². The zero-order chi connectivity index (χ0) is 10.2. The molecule has 0 spiro atoms. The third kappa shape index (κ3) is 1.48. The van der Waals surface area contributed by atoms with Crippen LogP contribution < -0.4 is 0 Å². The summed E-state index contributed by atoms with van der Waals surface area (Å²) in [5, 5.41) is 9.19. The van der Waals surface area contributed by atoms with E-state index in [4.69, 9.17) is 11.6 Å². The number of phenols is 1. The summed E-state index contributed by atoms with van der Waals surface area (Å²) in [5.41, 5.74) is -0.137. The molecule has 1 aromatic carbocycles. The van der Waals surface area contributed by atoms with Gasteiger partial charge < -0.3 is 5.11 Å². The second kappa shape index (κ2) is 3.50. The Kier molecular flexibility index (Phi) is 2.76. The molecule has 0 saturated carbocycles. The van der Waals surface area contributed by atoms with Crippen molar-refractivity contribution in [3.05, 3.63) is 27.8 Å². The molecule has 0 aromatic heterocycles. The second-order valence-corrected chi connectivity index (χ2v) is 3.13. The van der Waals surface area contributed by atoms with Gasteiger partial charge in [-0.3, -0.25) is 0 Å². The van der Waals surface area contributed by atoms with E-state index in [2.05, 4.69) is 0 Å². The number of hydrogen-bond donors (Lipinski definition) is 1. The summed E-state index contributed by atoms with van der Waals surface area (Å²) in [6.07, 6.45) is 0.245. The Balaban J connectivity index is 3.56. The molecule has 1 aromatic rings. The molecule has 1 N–H and O–H groups in total. The molecule has 0 atom stereocenters. The Morgan fingerprint density at radius 2 is 1.85 bits per heavy atom. The van der Waals surface area contributed by atoms with E-state index in [-0.39, 0.29) is 28.3 Å². The van der Waals surface area contributed by atoms with E-state index < -0.39 is 11.6 Å². The van der Waals surface area contributed by atoms with Gasteiger partial charge in [0.05, 0.1) is 5.02 Å². The summed E-state index contributed by atoms with van der Waals surface area (Å²) in [7, 11) is 0. The monoisotopic (exact) mass is 206 g/mol. The van der Waals surface area contributed by atoms with Gasteiger partial charge in [-0.05, 0) is 13.3 Å². The van der Waals surface area contributed by atoms with E-state index in [0.29, 0.717) is 0 Å². The van der Waals surface area contributed by atoms with Crippen molar-refractivity contribution in [3.63, 3.8) is 0 Å². The first-order valence-corrected chi connectivity index (χ1v) is 4.23. The van der Waals surface area contributed by atoms with Gasteiger partial charge in [0.2, 0.25) is 0 Å². The molecule has 0 aliphatic heterocycles. The molecular formula is C9H9ClF2O. The van der Waals surface area contributed by atoms with Gasteiger partial charge in [0, 0.05) is 11.1 Å². The Labute approximate surface area is 80.0 Å². The molecule has 0 fully saturated rings. The van der Waals surface area contributed by atoms with Crippen molar-refractivity contribution in [2.75, 3.05) is 0 Å². The van der Waals surface area contributed by atoms with Crippen molar-refractivity contribution >= 4 is 11.6 Å². The first kappa shape index (κ1) is 10.3. The Bertz CT molecular complexity index is 321. The Morgan fingerprint density at radius 3 is 2.31 bits per heavy atom. The molecule has 0 aliphatic rings. The summed E-state index contributed by atoms with van der Waals surface area (Å²) in [4.78, 5) is 0. The molecule has 0 unspecified atom stereocenters. The lowest BCUT2D eigenvalue weighted by Crippen LogP contribution is -1.98. The average molecular weight is 207 g/mol. The summed E-state index contributed by atoms with van der Waals surface area (Å²) in [6, 6.07) is 0. The quantitative estimate of drug-likeness (QED) is 0.700. The second-order valence-electron chi connectivity index (χ2n) is 2.75. The van der Waals surface area contributed by atoms with Crippen LogP contribution in [0, 0.1) is 18.6 Å². The molecule has 72 valence electrons. The molecule has 1 nitrogen and oxygen atoms in total. The van der Waals surface area contributed by atoms with Crippen LogP contribution in [0.25, 0.3) is 0 Å². The maximum atomic E-state index is 13.1. The van der Waals surface area contributed by atoms with Crippen LogP contribution in [0.4, 0.5) is 8.78 Å². The zero-order valence-corrected chi connectivity index (χ0v) is 8.04. The molecule has 0 bridgehead atoms. The van der Waals surface area contributed by atoms with E-state index >= 15 is 0 Å². The maximum absolute atomic E-state index is 13.1. The number of rotatable bonds is 1. The first-order chi connectivity index (χ1) is 6.00. The minimum Gasteiger partial charge on any atom is -0.506 e. The lowest BCUT2D eigenvalue weighted by Gasteiger charge is -2.09. The molecule has 1 rings (SSSR count). The van der Waals surface area contributed by atoms with E-state index in [9.17, 15) is 13.9 Å². The number of benzene rings is 1. The van der Waals surface area contributed by atoms with Crippen LogP contribution >= 0.6 is 11.6 Å². The standard InChI is InChI=1S/C9H9ClF2O/c1-3-5-6(10)9(13)4(2)7(11)8(5)12/h13H,3H2,1-2H3. The van der Waals surface area contributed by atoms with Gasteiger partial charge in [-0.15, -0.1) is 0 Å². The van der Waals surface area contributed by atoms with Crippen LogP contribution in [0.2, 0.25) is 5.02 Å². The molecule has 0 radical (unpaired) electrons. The average Bonchev–Trinajstić information content (AvgIpc) is 2.13. The van der Waals surface area contributed by atoms with Crippen molar-refractivity contribution < 1.29 is 13.9 Å². The fourth-order valence-corrected chi connectivity index (χ4v) is 1.47. The number of phenolic OH excluding ortho intramolecular Hbond substituents is 1. The van der Waals surface area contributed by atoms with Gasteiger partial charge in [0.15, 0.2) is 11.6 Å². The van der Waals surface area contributed by atoms with Crippen LogP contribution in [0.1, 0.15) is 18.1 Å². The predicted octanol–water partition coefficient (Wildman–Crippen LogP) is 3.19. The smallest absolute Gasteiger partial charge is 0.165 e. The van der Waals surface area contributed by atoms with E-state index in [0.717, 1.165) is 0 Å². The third-order valence-electron chi connectivity index (χ3n) is 1.97. The number of halogens is 3. The highest BCUT2D eigenvalue weighted by Crippen LogP contribution is 2.35. The summed E-state index contributed by atoms with van der Waals surface area (Å²) in [6.45, 7) is 2.91. The van der Waals surface area contributed by atoms with Crippen LogP contribution in [0.5, 0.6) is 5.75 Å². The van der Waals surface area contributed by atoms with Gasteiger partial charge in [-0.25, -0.2) is 8.78 Å². The molecule has 0 amide bonds. The van der Waals surface area contributed by atoms with Crippen molar-refractivity contribution in [1.82, 2.24) is 0 Å². The van der Waals surface area contributed by atoms with Gasteiger partial charge in [0.1, 0.15) is 5.75 Å². The first-order valence-electron chi connectivity index (χ1n) is 3.85. The molecule has 0 aliphatic carbocycles. The van der Waals surface area contributed by atoms with Crippen LogP contribution in [0.3, 0.4) is 0 Å². The highest BCUT2D eigenvalue weighted by Gasteiger charge is 2.19. The summed E-state index contributed by atoms with van der Waals surface area (Å²) < 4.78 is 26.2. The van der Waals surface area contributed by atoms with Gasteiger partial charge in [-0.2, -0.15) is 0 Å². The Morgan fingerprint density at radius 1 is 1.31 bits per heavy atom. The molecule has 0 saturated heterocycles. The largest absolute Gasteiger partial charge is 0.506 e. The van der Waals surface area contributed by atoms with Crippen molar-refractivity contribution in [2.24, 2.45) is 0 Å². The minimum atomic E-state index is -1.03. The van der Waals surface area contributed by atoms with Crippen molar-refractivity contribution in [2.45, 2.75) is 20.3 Å². The number of aromatic hydroxyl groups is 1. The Hall–Kier alpha value is -0.830. The zero-order valence-electron chi connectivity index (χ0n) is 7.29. The summed E-state index contributed by atoms with van der Waals surface area (Å²) >= 11 is 5.62. The molecular weight excluding hydrogens is 198 g/mol. The van der Waals surface area contributed by atoms with E-state index in [1.807, 2.05) is 0 Å². The fourth-order valence-electron chi connectivity index (χ4n) is 1.12. The normalized spacial score (nSPS) is 10.5. The van der Waals surface area contributed by atoms with Crippen molar-refractivity contribution in [1.29, 1.82) is 0 Å². The van der Waals surface area contributed by atoms with E-state index in [1.54, 1.807) is 6.92 Å².